The van der Waals surface area contributed by atoms with E-state index in [1.165, 1.54) is 5.56 Å². The Bertz CT molecular complexity index is 897. The Labute approximate surface area is 187 Å². The third-order valence-electron chi connectivity index (χ3n) is 5.01. The first-order valence-corrected chi connectivity index (χ1v) is 12.7. The summed E-state index contributed by atoms with van der Waals surface area (Å²) in [5, 5.41) is 6.57. The minimum Gasteiger partial charge on any atom is -0.497 e. The quantitative estimate of drug-likeness (QED) is 0.295. The van der Waals surface area contributed by atoms with Gasteiger partial charge in [0, 0.05) is 19.6 Å². The van der Waals surface area contributed by atoms with Gasteiger partial charge in [0.25, 0.3) is 0 Å². The Morgan fingerprint density at radius 1 is 1.06 bits per heavy atom. The predicted octanol–water partition coefficient (Wildman–Crippen LogP) is 3.75. The molecule has 0 aliphatic carbocycles. The van der Waals surface area contributed by atoms with Crippen molar-refractivity contribution in [3.63, 3.8) is 0 Å². The Balaban J connectivity index is 1.76. The van der Waals surface area contributed by atoms with Crippen molar-refractivity contribution in [1.82, 2.24) is 10.6 Å². The average molecular weight is 446 g/mol. The Morgan fingerprint density at radius 3 is 2.42 bits per heavy atom. The van der Waals surface area contributed by atoms with Crippen molar-refractivity contribution in [2.24, 2.45) is 4.99 Å². The molecule has 0 amide bonds. The topological polar surface area (TPSA) is 79.8 Å². The lowest BCUT2D eigenvalue weighted by Crippen LogP contribution is -2.38. The molecule has 1 unspecified atom stereocenters. The van der Waals surface area contributed by atoms with Crippen LogP contribution in [0.2, 0.25) is 0 Å². The van der Waals surface area contributed by atoms with Crippen LogP contribution in [0.15, 0.2) is 59.6 Å². The summed E-state index contributed by atoms with van der Waals surface area (Å²) in [4.78, 5) is 4.53. The van der Waals surface area contributed by atoms with E-state index in [4.69, 9.17) is 4.74 Å². The molecule has 6 nitrogen and oxygen atoms in total. The zero-order chi connectivity index (χ0) is 22.5. The summed E-state index contributed by atoms with van der Waals surface area (Å²) in [5.41, 5.74) is 2.10. The van der Waals surface area contributed by atoms with Gasteiger partial charge in [-0.1, -0.05) is 49.4 Å². The van der Waals surface area contributed by atoms with E-state index in [0.29, 0.717) is 18.9 Å². The minimum atomic E-state index is -3.13. The second-order valence-electron chi connectivity index (χ2n) is 7.58. The van der Waals surface area contributed by atoms with Gasteiger partial charge in [-0.15, -0.1) is 0 Å². The molecule has 7 heteroatoms. The van der Waals surface area contributed by atoms with Gasteiger partial charge in [0.15, 0.2) is 15.8 Å². The fraction of sp³-hybridized carbons (Fsp3) is 0.458. The number of methoxy groups -OCH3 is 1. The first-order valence-electron chi connectivity index (χ1n) is 10.8. The maximum atomic E-state index is 12.3. The van der Waals surface area contributed by atoms with Gasteiger partial charge in [0.1, 0.15) is 5.75 Å². The van der Waals surface area contributed by atoms with Crippen LogP contribution in [-0.4, -0.2) is 46.9 Å². The molecule has 0 bridgehead atoms. The normalized spacial score (nSPS) is 12.9. The van der Waals surface area contributed by atoms with Gasteiger partial charge in [0.05, 0.1) is 18.6 Å². The zero-order valence-electron chi connectivity index (χ0n) is 18.8. The number of ether oxygens (including phenoxy) is 1. The van der Waals surface area contributed by atoms with E-state index in [-0.39, 0.29) is 11.5 Å². The highest BCUT2D eigenvalue weighted by atomic mass is 32.2. The van der Waals surface area contributed by atoms with E-state index < -0.39 is 9.84 Å². The molecule has 2 rings (SSSR count). The maximum Gasteiger partial charge on any atom is 0.191 e. The molecule has 2 aromatic rings. The number of benzene rings is 2. The van der Waals surface area contributed by atoms with Gasteiger partial charge >= 0.3 is 0 Å². The SMILES string of the molecule is CCNC(=NCCCS(=O)(=O)Cc1ccccc1)NCCC(C)c1ccc(OC)cc1. The summed E-state index contributed by atoms with van der Waals surface area (Å²) in [7, 11) is -1.46. The van der Waals surface area contributed by atoms with Crippen LogP contribution < -0.4 is 15.4 Å². The lowest BCUT2D eigenvalue weighted by molar-refractivity contribution is 0.414. The largest absolute Gasteiger partial charge is 0.497 e. The van der Waals surface area contributed by atoms with Crippen molar-refractivity contribution < 1.29 is 13.2 Å². The number of rotatable bonds is 12. The van der Waals surface area contributed by atoms with E-state index in [9.17, 15) is 8.42 Å². The summed E-state index contributed by atoms with van der Waals surface area (Å²) in [6.07, 6.45) is 1.47. The van der Waals surface area contributed by atoms with Crippen molar-refractivity contribution in [1.29, 1.82) is 0 Å². The molecule has 0 aliphatic heterocycles. The molecule has 0 fully saturated rings. The fourth-order valence-corrected chi connectivity index (χ4v) is 4.64. The van der Waals surface area contributed by atoms with E-state index in [2.05, 4.69) is 34.7 Å². The van der Waals surface area contributed by atoms with Crippen LogP contribution in [-0.2, 0) is 15.6 Å². The number of guanidine groups is 1. The molecule has 0 saturated carbocycles. The average Bonchev–Trinajstić information content (AvgIpc) is 2.77. The lowest BCUT2D eigenvalue weighted by Gasteiger charge is -2.15. The van der Waals surface area contributed by atoms with Gasteiger partial charge in [-0.25, -0.2) is 8.42 Å². The molecule has 170 valence electrons. The van der Waals surface area contributed by atoms with Crippen molar-refractivity contribution in [2.75, 3.05) is 32.5 Å². The number of nitrogens with zero attached hydrogens (tertiary/aromatic N) is 1. The third kappa shape index (κ3) is 9.42. The van der Waals surface area contributed by atoms with E-state index in [1.54, 1.807) is 7.11 Å². The molecule has 0 aromatic heterocycles. The molecular weight excluding hydrogens is 410 g/mol. The lowest BCUT2D eigenvalue weighted by atomic mass is 9.98. The van der Waals surface area contributed by atoms with Crippen LogP contribution in [0.3, 0.4) is 0 Å². The summed E-state index contributed by atoms with van der Waals surface area (Å²) < 4.78 is 29.8. The van der Waals surface area contributed by atoms with E-state index in [1.807, 2.05) is 49.4 Å². The summed E-state index contributed by atoms with van der Waals surface area (Å²) >= 11 is 0. The second-order valence-corrected chi connectivity index (χ2v) is 9.77. The Hall–Kier alpha value is -2.54. The molecule has 2 aromatic carbocycles. The first-order chi connectivity index (χ1) is 14.9. The number of sulfone groups is 1. The molecule has 0 aliphatic rings. The van der Waals surface area contributed by atoms with Crippen LogP contribution in [0.5, 0.6) is 5.75 Å². The van der Waals surface area contributed by atoms with Crippen molar-refractivity contribution in [3.8, 4) is 5.75 Å². The van der Waals surface area contributed by atoms with Gasteiger partial charge in [-0.05, 0) is 48.9 Å². The minimum absolute atomic E-state index is 0.0825. The van der Waals surface area contributed by atoms with Gasteiger partial charge in [0.2, 0.25) is 0 Å². The van der Waals surface area contributed by atoms with Crippen molar-refractivity contribution >= 4 is 15.8 Å². The molecule has 1 atom stereocenters. The first kappa shape index (κ1) is 24.7. The summed E-state index contributed by atoms with van der Waals surface area (Å²) in [6, 6.07) is 17.5. The molecular formula is C24H35N3O3S. The summed E-state index contributed by atoms with van der Waals surface area (Å²) in [5.74, 6) is 2.22. The van der Waals surface area contributed by atoms with Crippen LogP contribution >= 0.6 is 0 Å². The molecule has 0 spiro atoms. The highest BCUT2D eigenvalue weighted by Crippen LogP contribution is 2.21. The Kier molecular flexibility index (Phi) is 10.4. The molecule has 2 N–H and O–H groups in total. The van der Waals surface area contributed by atoms with Crippen molar-refractivity contribution in [2.45, 2.75) is 38.4 Å². The molecule has 0 radical (unpaired) electrons. The van der Waals surface area contributed by atoms with Crippen LogP contribution in [0.25, 0.3) is 0 Å². The van der Waals surface area contributed by atoms with Crippen LogP contribution in [0.1, 0.15) is 43.7 Å². The monoisotopic (exact) mass is 445 g/mol. The Morgan fingerprint density at radius 2 is 1.77 bits per heavy atom. The molecule has 0 saturated heterocycles. The smallest absolute Gasteiger partial charge is 0.191 e. The van der Waals surface area contributed by atoms with Gasteiger partial charge in [-0.2, -0.15) is 0 Å². The highest BCUT2D eigenvalue weighted by molar-refractivity contribution is 7.90. The fourth-order valence-electron chi connectivity index (χ4n) is 3.22. The van der Waals surface area contributed by atoms with Crippen molar-refractivity contribution in [3.05, 3.63) is 65.7 Å². The van der Waals surface area contributed by atoms with Gasteiger partial charge < -0.3 is 15.4 Å². The second kappa shape index (κ2) is 13.0. The number of hydrogen-bond acceptors (Lipinski definition) is 4. The maximum absolute atomic E-state index is 12.3. The third-order valence-corrected chi connectivity index (χ3v) is 6.70. The number of hydrogen-bond donors (Lipinski definition) is 2. The molecule has 0 heterocycles. The van der Waals surface area contributed by atoms with Crippen LogP contribution in [0, 0.1) is 0 Å². The number of aliphatic imine (C=N–C) groups is 1. The summed E-state index contributed by atoms with van der Waals surface area (Å²) in [6.45, 7) is 6.22. The zero-order valence-corrected chi connectivity index (χ0v) is 19.6. The molecule has 31 heavy (non-hydrogen) atoms. The van der Waals surface area contributed by atoms with E-state index >= 15 is 0 Å². The van der Waals surface area contributed by atoms with Gasteiger partial charge in [-0.3, -0.25) is 4.99 Å². The standard InChI is InChI=1S/C24H35N3O3S/c1-4-25-24(27-17-15-20(2)22-11-13-23(30-3)14-12-22)26-16-8-18-31(28,29)19-21-9-6-5-7-10-21/h5-7,9-14,20H,4,8,15-19H2,1-3H3,(H2,25,26,27). The van der Waals surface area contributed by atoms with Crippen LogP contribution in [0.4, 0.5) is 0 Å². The number of nitrogens with one attached hydrogen (secondary N) is 2. The predicted molar refractivity (Wildman–Crippen MR) is 129 cm³/mol. The van der Waals surface area contributed by atoms with E-state index in [0.717, 1.165) is 36.8 Å². The highest BCUT2D eigenvalue weighted by Gasteiger charge is 2.11.